The third-order valence-corrected chi connectivity index (χ3v) is 6.12. The van der Waals surface area contributed by atoms with Crippen LogP contribution in [0.2, 0.25) is 0 Å². The van der Waals surface area contributed by atoms with E-state index in [4.69, 9.17) is 0 Å². The van der Waals surface area contributed by atoms with Crippen LogP contribution in [0.15, 0.2) is 54.6 Å². The van der Waals surface area contributed by atoms with Gasteiger partial charge in [-0.05, 0) is 56.1 Å². The van der Waals surface area contributed by atoms with Crippen LogP contribution in [-0.4, -0.2) is 23.2 Å². The Morgan fingerprint density at radius 3 is 2.35 bits per heavy atom. The van der Waals surface area contributed by atoms with E-state index < -0.39 is 0 Å². The minimum absolute atomic E-state index is 0.0937. The molecule has 2 aliphatic rings. The molecule has 3 heteroatoms. The minimum atomic E-state index is -0.342. The van der Waals surface area contributed by atoms with Crippen molar-refractivity contribution in [2.24, 2.45) is 5.92 Å². The fourth-order valence-electron chi connectivity index (χ4n) is 4.11. The smallest absolute Gasteiger partial charge is 0.230 e. The lowest BCUT2D eigenvalue weighted by Gasteiger charge is -2.39. The summed E-state index contributed by atoms with van der Waals surface area (Å²) in [6.45, 7) is 2.07. The van der Waals surface area contributed by atoms with E-state index in [1.54, 1.807) is 0 Å². The number of aryl methyl sites for hydroxylation is 1. The Kier molecular flexibility index (Phi) is 4.58. The first-order chi connectivity index (χ1) is 12.6. The fraction of sp³-hybridized carbons (Fsp3) is 0.435. The van der Waals surface area contributed by atoms with Crippen LogP contribution in [0.1, 0.15) is 42.4 Å². The van der Waals surface area contributed by atoms with Crippen LogP contribution < -0.4 is 5.32 Å². The van der Waals surface area contributed by atoms with Gasteiger partial charge in [0.2, 0.25) is 5.91 Å². The zero-order chi connectivity index (χ0) is 18.1. The van der Waals surface area contributed by atoms with Crippen molar-refractivity contribution in [1.82, 2.24) is 5.32 Å². The number of hydrogen-bond donors (Lipinski definition) is 2. The number of hydrogen-bond acceptors (Lipinski definition) is 2. The molecule has 2 aliphatic carbocycles. The van der Waals surface area contributed by atoms with Crippen molar-refractivity contribution in [1.29, 1.82) is 0 Å². The van der Waals surface area contributed by atoms with Gasteiger partial charge in [-0.2, -0.15) is 0 Å². The van der Waals surface area contributed by atoms with Crippen LogP contribution in [0, 0.1) is 12.8 Å². The van der Waals surface area contributed by atoms with E-state index in [0.717, 1.165) is 37.7 Å². The molecule has 0 bridgehead atoms. The standard InChI is InChI=1S/C23H27NO2/c1-16-7-9-19(10-8-16)23(11-12-23)22(26)24-21(18-14-20(25)15-18)13-17-5-3-2-4-6-17/h2-10,18,20-21,25H,11-15H2,1H3,(H,24,26). The first-order valence-corrected chi connectivity index (χ1v) is 9.67. The highest BCUT2D eigenvalue weighted by Gasteiger charge is 2.52. The van der Waals surface area contributed by atoms with Crippen molar-refractivity contribution in [3.63, 3.8) is 0 Å². The predicted molar refractivity (Wildman–Crippen MR) is 103 cm³/mol. The monoisotopic (exact) mass is 349 g/mol. The molecule has 2 fully saturated rings. The van der Waals surface area contributed by atoms with Crippen LogP contribution in [0.3, 0.4) is 0 Å². The van der Waals surface area contributed by atoms with Crippen molar-refractivity contribution < 1.29 is 9.90 Å². The normalized spacial score (nSPS) is 24.4. The number of carbonyl (C=O) groups excluding carboxylic acids is 1. The van der Waals surface area contributed by atoms with Gasteiger partial charge in [0.15, 0.2) is 0 Å². The molecule has 136 valence electrons. The molecule has 0 heterocycles. The molecule has 2 saturated carbocycles. The Labute approximate surface area is 155 Å². The second-order valence-electron chi connectivity index (χ2n) is 8.10. The van der Waals surface area contributed by atoms with Crippen LogP contribution in [0.25, 0.3) is 0 Å². The molecule has 2 aromatic carbocycles. The van der Waals surface area contributed by atoms with E-state index in [0.29, 0.717) is 5.92 Å². The lowest BCUT2D eigenvalue weighted by atomic mass is 9.75. The van der Waals surface area contributed by atoms with Crippen LogP contribution in [0.4, 0.5) is 0 Å². The highest BCUT2D eigenvalue weighted by Crippen LogP contribution is 2.48. The summed E-state index contributed by atoms with van der Waals surface area (Å²) in [6.07, 6.45) is 4.04. The third kappa shape index (κ3) is 3.41. The molecule has 0 aliphatic heterocycles. The molecule has 26 heavy (non-hydrogen) atoms. The van der Waals surface area contributed by atoms with Crippen molar-refractivity contribution in [3.05, 3.63) is 71.3 Å². The quantitative estimate of drug-likeness (QED) is 0.838. The van der Waals surface area contributed by atoms with E-state index in [1.807, 2.05) is 18.2 Å². The maximum atomic E-state index is 13.2. The van der Waals surface area contributed by atoms with Crippen molar-refractivity contribution in [2.45, 2.75) is 56.6 Å². The predicted octanol–water partition coefficient (Wildman–Crippen LogP) is 3.53. The number of amides is 1. The zero-order valence-electron chi connectivity index (χ0n) is 15.3. The maximum Gasteiger partial charge on any atom is 0.230 e. The highest BCUT2D eigenvalue weighted by atomic mass is 16.3. The number of nitrogens with one attached hydrogen (secondary N) is 1. The second kappa shape index (κ2) is 6.88. The molecular weight excluding hydrogens is 322 g/mol. The van der Waals surface area contributed by atoms with Gasteiger partial charge in [0.05, 0.1) is 11.5 Å². The van der Waals surface area contributed by atoms with E-state index in [2.05, 4.69) is 48.6 Å². The number of aliphatic hydroxyl groups is 1. The van der Waals surface area contributed by atoms with E-state index >= 15 is 0 Å². The largest absolute Gasteiger partial charge is 0.393 e. The van der Waals surface area contributed by atoms with Gasteiger partial charge < -0.3 is 10.4 Å². The summed E-state index contributed by atoms with van der Waals surface area (Å²) in [6, 6.07) is 18.8. The Hall–Kier alpha value is -2.13. The van der Waals surface area contributed by atoms with Gasteiger partial charge in [-0.3, -0.25) is 4.79 Å². The fourth-order valence-corrected chi connectivity index (χ4v) is 4.11. The first-order valence-electron chi connectivity index (χ1n) is 9.67. The minimum Gasteiger partial charge on any atom is -0.393 e. The van der Waals surface area contributed by atoms with Crippen molar-refractivity contribution >= 4 is 5.91 Å². The molecule has 0 saturated heterocycles. The Morgan fingerprint density at radius 2 is 1.77 bits per heavy atom. The summed E-state index contributed by atoms with van der Waals surface area (Å²) in [5.41, 5.74) is 3.24. The molecule has 1 atom stereocenters. The summed E-state index contributed by atoms with van der Waals surface area (Å²) in [4.78, 5) is 13.2. The van der Waals surface area contributed by atoms with E-state index in [1.165, 1.54) is 11.1 Å². The molecule has 2 aromatic rings. The summed E-state index contributed by atoms with van der Waals surface area (Å²) < 4.78 is 0. The molecular formula is C23H27NO2. The number of benzene rings is 2. The van der Waals surface area contributed by atoms with Gasteiger partial charge in [-0.25, -0.2) is 0 Å². The molecule has 0 radical (unpaired) electrons. The van der Waals surface area contributed by atoms with Crippen LogP contribution in [-0.2, 0) is 16.6 Å². The molecule has 1 unspecified atom stereocenters. The topological polar surface area (TPSA) is 49.3 Å². The third-order valence-electron chi connectivity index (χ3n) is 6.12. The summed E-state index contributed by atoms with van der Waals surface area (Å²) in [5, 5.41) is 13.1. The molecule has 4 rings (SSSR count). The van der Waals surface area contributed by atoms with Gasteiger partial charge in [-0.15, -0.1) is 0 Å². The molecule has 1 amide bonds. The van der Waals surface area contributed by atoms with Crippen LogP contribution in [0.5, 0.6) is 0 Å². The van der Waals surface area contributed by atoms with E-state index in [-0.39, 0.29) is 23.5 Å². The highest BCUT2D eigenvalue weighted by molar-refractivity contribution is 5.91. The van der Waals surface area contributed by atoms with E-state index in [9.17, 15) is 9.90 Å². The number of aliphatic hydroxyl groups excluding tert-OH is 1. The van der Waals surface area contributed by atoms with Gasteiger partial charge in [0.25, 0.3) is 0 Å². The van der Waals surface area contributed by atoms with Crippen LogP contribution >= 0.6 is 0 Å². The SMILES string of the molecule is Cc1ccc(C2(C(=O)NC(Cc3ccccc3)C3CC(O)C3)CC2)cc1. The number of carbonyl (C=O) groups is 1. The zero-order valence-corrected chi connectivity index (χ0v) is 15.3. The lowest BCUT2D eigenvalue weighted by molar-refractivity contribution is -0.125. The average Bonchev–Trinajstić information content (AvgIpc) is 3.42. The van der Waals surface area contributed by atoms with Crippen molar-refractivity contribution in [3.8, 4) is 0 Å². The van der Waals surface area contributed by atoms with Gasteiger partial charge in [0.1, 0.15) is 0 Å². The lowest BCUT2D eigenvalue weighted by Crippen LogP contribution is -2.50. The summed E-state index contributed by atoms with van der Waals surface area (Å²) in [5.74, 6) is 0.520. The maximum absolute atomic E-state index is 13.2. The summed E-state index contributed by atoms with van der Waals surface area (Å²) in [7, 11) is 0. The van der Waals surface area contributed by atoms with Gasteiger partial charge >= 0.3 is 0 Å². The van der Waals surface area contributed by atoms with Gasteiger partial charge in [-0.1, -0.05) is 60.2 Å². The molecule has 3 nitrogen and oxygen atoms in total. The molecule has 2 N–H and O–H groups in total. The molecule has 0 spiro atoms. The first kappa shape index (κ1) is 17.3. The Balaban J connectivity index is 1.49. The molecule has 0 aromatic heterocycles. The summed E-state index contributed by atoms with van der Waals surface area (Å²) >= 11 is 0. The Morgan fingerprint density at radius 1 is 1.12 bits per heavy atom. The number of rotatable bonds is 6. The van der Waals surface area contributed by atoms with Gasteiger partial charge in [0, 0.05) is 6.04 Å². The second-order valence-corrected chi connectivity index (χ2v) is 8.10. The van der Waals surface area contributed by atoms with Crippen molar-refractivity contribution in [2.75, 3.05) is 0 Å². The average molecular weight is 349 g/mol. The Bertz CT molecular complexity index is 759.